The highest BCUT2D eigenvalue weighted by molar-refractivity contribution is 5.44. The van der Waals surface area contributed by atoms with Crippen LogP contribution < -0.4 is 4.90 Å². The lowest BCUT2D eigenvalue weighted by Crippen LogP contribution is -2.39. The quantitative estimate of drug-likeness (QED) is 0.856. The average molecular weight is 250 g/mol. The number of aromatic nitrogens is 1. The summed E-state index contributed by atoms with van der Waals surface area (Å²) in [5.74, 6) is 0. The van der Waals surface area contributed by atoms with Crippen molar-refractivity contribution in [3.05, 3.63) is 24.0 Å². The fourth-order valence-electron chi connectivity index (χ4n) is 2.59. The van der Waals surface area contributed by atoms with Gasteiger partial charge in [-0.25, -0.2) is 0 Å². The molecule has 0 amide bonds. The summed E-state index contributed by atoms with van der Waals surface area (Å²) in [7, 11) is 1.97. The summed E-state index contributed by atoms with van der Waals surface area (Å²) in [6.45, 7) is 2.34. The molecule has 4 heteroatoms. The maximum Gasteiger partial charge on any atom is 0.0931 e. The number of hydrogen-bond donors (Lipinski definition) is 2. The van der Waals surface area contributed by atoms with Crippen LogP contribution in [-0.4, -0.2) is 34.4 Å². The molecular formula is C14H22N2O2. The third kappa shape index (κ3) is 3.00. The number of nitrogens with zero attached hydrogens (tertiary/aromatic N) is 2. The van der Waals surface area contributed by atoms with Crippen LogP contribution in [0.3, 0.4) is 0 Å². The summed E-state index contributed by atoms with van der Waals surface area (Å²) in [5, 5.41) is 19.8. The molecule has 1 atom stereocenters. The van der Waals surface area contributed by atoms with Crippen molar-refractivity contribution in [3.8, 4) is 0 Å². The zero-order valence-electron chi connectivity index (χ0n) is 11.1. The van der Waals surface area contributed by atoms with Gasteiger partial charge in [0.15, 0.2) is 0 Å². The summed E-state index contributed by atoms with van der Waals surface area (Å²) < 4.78 is 0. The van der Waals surface area contributed by atoms with Gasteiger partial charge in [-0.3, -0.25) is 4.98 Å². The third-order valence-corrected chi connectivity index (χ3v) is 3.71. The molecule has 0 aliphatic heterocycles. The maximum atomic E-state index is 10.4. The predicted molar refractivity (Wildman–Crippen MR) is 71.6 cm³/mol. The molecule has 18 heavy (non-hydrogen) atoms. The Bertz CT molecular complexity index is 383. The fraction of sp³-hybridized carbons (Fsp3) is 0.643. The van der Waals surface area contributed by atoms with Crippen LogP contribution in [0.15, 0.2) is 18.3 Å². The topological polar surface area (TPSA) is 56.6 Å². The Morgan fingerprint density at radius 2 is 2.06 bits per heavy atom. The van der Waals surface area contributed by atoms with Crippen molar-refractivity contribution in [1.82, 2.24) is 4.98 Å². The van der Waals surface area contributed by atoms with E-state index in [4.69, 9.17) is 0 Å². The highest BCUT2D eigenvalue weighted by atomic mass is 16.3. The van der Waals surface area contributed by atoms with Crippen LogP contribution in [0.2, 0.25) is 0 Å². The lowest BCUT2D eigenvalue weighted by atomic mass is 10.0. The number of aliphatic hydroxyl groups excluding tert-OH is 1. The number of aliphatic hydroxyl groups is 2. The summed E-state index contributed by atoms with van der Waals surface area (Å²) in [6.07, 6.45) is 5.21. The van der Waals surface area contributed by atoms with E-state index in [-0.39, 0.29) is 0 Å². The Balaban J connectivity index is 2.02. The van der Waals surface area contributed by atoms with E-state index < -0.39 is 11.7 Å². The third-order valence-electron chi connectivity index (χ3n) is 3.71. The zero-order chi connectivity index (χ0) is 13.2. The van der Waals surface area contributed by atoms with Crippen molar-refractivity contribution in [3.63, 3.8) is 0 Å². The Morgan fingerprint density at radius 3 is 2.56 bits per heavy atom. The largest absolute Gasteiger partial charge is 0.388 e. The lowest BCUT2D eigenvalue weighted by Gasteiger charge is -2.29. The van der Waals surface area contributed by atoms with Crippen molar-refractivity contribution in [1.29, 1.82) is 0 Å². The monoisotopic (exact) mass is 250 g/mol. The van der Waals surface area contributed by atoms with Gasteiger partial charge in [0.2, 0.25) is 0 Å². The first-order valence-electron chi connectivity index (χ1n) is 6.58. The second-order valence-electron chi connectivity index (χ2n) is 5.40. The van der Waals surface area contributed by atoms with Crippen molar-refractivity contribution in [2.45, 2.75) is 44.3 Å². The first-order chi connectivity index (χ1) is 8.50. The summed E-state index contributed by atoms with van der Waals surface area (Å²) in [5.41, 5.74) is 1.10. The van der Waals surface area contributed by atoms with E-state index in [0.717, 1.165) is 31.4 Å². The summed E-state index contributed by atoms with van der Waals surface area (Å²) >= 11 is 0. The highest BCUT2D eigenvalue weighted by Crippen LogP contribution is 2.31. The van der Waals surface area contributed by atoms with Gasteiger partial charge in [0.05, 0.1) is 29.3 Å². The van der Waals surface area contributed by atoms with E-state index in [1.807, 2.05) is 24.1 Å². The van der Waals surface area contributed by atoms with Gasteiger partial charge in [0.1, 0.15) is 0 Å². The van der Waals surface area contributed by atoms with Crippen LogP contribution in [0.4, 0.5) is 5.69 Å². The predicted octanol–water partition coefficient (Wildman–Crippen LogP) is 1.88. The van der Waals surface area contributed by atoms with Crippen LogP contribution in [-0.2, 0) is 0 Å². The maximum absolute atomic E-state index is 10.4. The number of pyridine rings is 1. The van der Waals surface area contributed by atoms with Gasteiger partial charge >= 0.3 is 0 Å². The average Bonchev–Trinajstić information content (AvgIpc) is 2.76. The second kappa shape index (κ2) is 5.24. The van der Waals surface area contributed by atoms with Gasteiger partial charge in [-0.1, -0.05) is 12.8 Å². The molecule has 2 N–H and O–H groups in total. The van der Waals surface area contributed by atoms with Crippen molar-refractivity contribution in [2.75, 3.05) is 18.5 Å². The summed E-state index contributed by atoms with van der Waals surface area (Å²) in [4.78, 5) is 6.26. The second-order valence-corrected chi connectivity index (χ2v) is 5.40. The number of rotatable bonds is 4. The minimum Gasteiger partial charge on any atom is -0.388 e. The molecule has 1 saturated carbocycles. The number of hydrogen-bond acceptors (Lipinski definition) is 4. The Hall–Kier alpha value is -1.13. The van der Waals surface area contributed by atoms with Crippen LogP contribution in [0.1, 0.15) is 44.4 Å². The molecule has 0 spiro atoms. The van der Waals surface area contributed by atoms with E-state index in [1.165, 1.54) is 0 Å². The van der Waals surface area contributed by atoms with Gasteiger partial charge < -0.3 is 15.1 Å². The minimum absolute atomic E-state index is 0.539. The van der Waals surface area contributed by atoms with Crippen LogP contribution in [0, 0.1) is 0 Å². The standard InChI is InChI=1S/C14H22N2O2/c1-11(17)13-6-5-12(9-15-13)16(2)10-14(18)7-3-4-8-14/h5-6,9,11,17-18H,3-4,7-8,10H2,1-2H3. The Kier molecular flexibility index (Phi) is 3.88. The van der Waals surface area contributed by atoms with Crippen molar-refractivity contribution >= 4 is 5.69 Å². The summed E-state index contributed by atoms with van der Waals surface area (Å²) in [6, 6.07) is 3.77. The van der Waals surface area contributed by atoms with Gasteiger partial charge in [0.25, 0.3) is 0 Å². The van der Waals surface area contributed by atoms with Crippen molar-refractivity contribution in [2.24, 2.45) is 0 Å². The molecule has 100 valence electrons. The number of anilines is 1. The molecule has 0 saturated heterocycles. The van der Waals surface area contributed by atoms with Gasteiger partial charge in [0, 0.05) is 13.6 Å². The molecule has 2 rings (SSSR count). The highest BCUT2D eigenvalue weighted by Gasteiger charge is 2.32. The van der Waals surface area contributed by atoms with E-state index in [9.17, 15) is 10.2 Å². The molecule has 0 aromatic carbocycles. The van der Waals surface area contributed by atoms with E-state index in [2.05, 4.69) is 4.98 Å². The molecule has 1 aliphatic rings. The lowest BCUT2D eigenvalue weighted by molar-refractivity contribution is 0.0559. The molecule has 1 aliphatic carbocycles. The molecule has 4 nitrogen and oxygen atoms in total. The molecular weight excluding hydrogens is 228 g/mol. The molecule has 1 fully saturated rings. The van der Waals surface area contributed by atoms with E-state index >= 15 is 0 Å². The molecule has 0 radical (unpaired) electrons. The van der Waals surface area contributed by atoms with E-state index in [0.29, 0.717) is 12.2 Å². The number of likely N-dealkylation sites (N-methyl/N-ethyl adjacent to an activating group) is 1. The van der Waals surface area contributed by atoms with Crippen LogP contribution >= 0.6 is 0 Å². The van der Waals surface area contributed by atoms with Gasteiger partial charge in [-0.2, -0.15) is 0 Å². The first kappa shape index (κ1) is 13.3. The Labute approximate surface area is 108 Å². The molecule has 1 unspecified atom stereocenters. The zero-order valence-corrected chi connectivity index (χ0v) is 11.1. The smallest absolute Gasteiger partial charge is 0.0931 e. The normalized spacial score (nSPS) is 19.8. The molecule has 1 heterocycles. The fourth-order valence-corrected chi connectivity index (χ4v) is 2.59. The SMILES string of the molecule is CC(O)c1ccc(N(C)CC2(O)CCCC2)cn1. The van der Waals surface area contributed by atoms with Crippen LogP contribution in [0.25, 0.3) is 0 Å². The molecule has 0 bridgehead atoms. The van der Waals surface area contributed by atoms with Gasteiger partial charge in [-0.05, 0) is 31.9 Å². The first-order valence-corrected chi connectivity index (χ1v) is 6.58. The van der Waals surface area contributed by atoms with E-state index in [1.54, 1.807) is 13.1 Å². The van der Waals surface area contributed by atoms with Crippen molar-refractivity contribution < 1.29 is 10.2 Å². The van der Waals surface area contributed by atoms with Gasteiger partial charge in [-0.15, -0.1) is 0 Å². The molecule has 1 aromatic rings. The molecule has 1 aromatic heterocycles. The van der Waals surface area contributed by atoms with Crippen LogP contribution in [0.5, 0.6) is 0 Å². The minimum atomic E-state index is -0.544. The Morgan fingerprint density at radius 1 is 1.39 bits per heavy atom.